The Morgan fingerprint density at radius 2 is 0.627 bits per heavy atom. The molecule has 5 aromatic heterocycles. The molecule has 0 saturated heterocycles. The Morgan fingerprint density at radius 3 is 0.982 bits per heavy atom. The number of carbonyl (C=O) groups excluding carboxylic acids is 4. The number of rotatable bonds is 64. The van der Waals surface area contributed by atoms with Crippen LogP contribution in [0, 0.1) is 23.7 Å². The maximum atomic E-state index is 16.2. The number of hydrogen-bond donors (Lipinski definition) is 0. The normalized spacial score (nSPS) is 15.6. The van der Waals surface area contributed by atoms with Crippen molar-refractivity contribution in [2.24, 2.45) is 23.7 Å². The van der Waals surface area contributed by atoms with E-state index in [1.54, 1.807) is 56.7 Å². The second kappa shape index (κ2) is 52.0. The van der Waals surface area contributed by atoms with E-state index in [0.717, 1.165) is 151 Å². The fourth-order valence-electron chi connectivity index (χ4n) is 17.6. The lowest BCUT2D eigenvalue weighted by atomic mass is 9.93. The van der Waals surface area contributed by atoms with E-state index in [2.05, 4.69) is 148 Å². The molecule has 0 saturated carbocycles. The highest BCUT2D eigenvalue weighted by molar-refractivity contribution is 7.27. The Labute approximate surface area is 690 Å². The summed E-state index contributed by atoms with van der Waals surface area (Å²) in [6.07, 6.45) is 58.9. The summed E-state index contributed by atoms with van der Waals surface area (Å²) in [5, 5.41) is 4.26. The number of fused-ring (bicyclic) bond motifs is 1. The number of carbonyl (C=O) groups is 4. The predicted molar refractivity (Wildman–Crippen MR) is 482 cm³/mol. The minimum absolute atomic E-state index is 0.00162. The lowest BCUT2D eigenvalue weighted by Gasteiger charge is -2.29. The van der Waals surface area contributed by atoms with E-state index in [1.807, 2.05) is 4.90 Å². The van der Waals surface area contributed by atoms with Crippen LogP contribution in [0.1, 0.15) is 390 Å². The van der Waals surface area contributed by atoms with Crippen LogP contribution in [0.4, 0.5) is 0 Å². The monoisotopic (exact) mass is 1590 g/mol. The van der Waals surface area contributed by atoms with Crippen molar-refractivity contribution in [1.82, 2.24) is 19.6 Å². The van der Waals surface area contributed by atoms with Gasteiger partial charge in [0.25, 0.3) is 17.7 Å². The van der Waals surface area contributed by atoms with E-state index in [1.165, 1.54) is 231 Å². The quantitative estimate of drug-likeness (QED) is 0.0221. The number of nitrogens with zero attached hydrogens (tertiary/aromatic N) is 4. The van der Waals surface area contributed by atoms with E-state index in [0.29, 0.717) is 66.6 Å². The van der Waals surface area contributed by atoms with Gasteiger partial charge in [0.05, 0.1) is 59.0 Å². The van der Waals surface area contributed by atoms with Gasteiger partial charge in [0.15, 0.2) is 0 Å². The molecular weight excluding hydrogens is 1450 g/mol. The molecule has 3 aliphatic rings. The molecule has 3 aliphatic heterocycles. The summed E-state index contributed by atoms with van der Waals surface area (Å²) in [5.41, 5.74) is 6.34. The maximum Gasteiger partial charge on any atom is 0.261 e. The van der Waals surface area contributed by atoms with Crippen molar-refractivity contribution in [2.75, 3.05) is 26.2 Å². The van der Waals surface area contributed by atoms with Crippen LogP contribution in [0.25, 0.3) is 42.3 Å². The van der Waals surface area contributed by atoms with Crippen molar-refractivity contribution in [3.8, 4) is 19.5 Å². The first-order valence-corrected chi connectivity index (χ1v) is 49.7. The van der Waals surface area contributed by atoms with Gasteiger partial charge in [-0.05, 0) is 147 Å². The predicted octanol–water partition coefficient (Wildman–Crippen LogP) is 30.9. The van der Waals surface area contributed by atoms with E-state index in [-0.39, 0.29) is 17.7 Å². The summed E-state index contributed by atoms with van der Waals surface area (Å²) in [7, 11) is 0. The van der Waals surface area contributed by atoms with E-state index in [4.69, 9.17) is 0 Å². The molecule has 8 rings (SSSR count). The van der Waals surface area contributed by atoms with Gasteiger partial charge in [-0.3, -0.25) is 19.2 Å². The van der Waals surface area contributed by atoms with Gasteiger partial charge in [-0.1, -0.05) is 324 Å². The molecule has 0 aromatic carbocycles. The van der Waals surface area contributed by atoms with Crippen LogP contribution in [0.5, 0.6) is 0 Å². The van der Waals surface area contributed by atoms with Crippen LogP contribution >= 0.6 is 56.7 Å². The minimum Gasteiger partial charge on any atom is -0.313 e. The minimum atomic E-state index is 0.00162. The van der Waals surface area contributed by atoms with Gasteiger partial charge < -0.3 is 19.6 Å². The third-order valence-electron chi connectivity index (χ3n) is 24.1. The Hall–Kier alpha value is -4.66. The fourth-order valence-corrected chi connectivity index (χ4v) is 22.6. The Kier molecular flexibility index (Phi) is 43.0. The zero-order chi connectivity index (χ0) is 78.1. The van der Waals surface area contributed by atoms with Crippen LogP contribution < -0.4 is 0 Å². The number of amides is 4. The number of thiophene rings is 5. The average Bonchev–Trinajstić information content (AvgIpc) is 1.55. The first-order valence-electron chi connectivity index (χ1n) is 45.5. The molecule has 0 aliphatic carbocycles. The second-order valence-electron chi connectivity index (χ2n) is 33.2. The SMILES string of the molecule is CCCCCCCCC(CCCCCC)CN1C(=O)C2=C(c3ccc(-c4ccc(-c5ccc(/C(=C6\C(=O)N(CC(CCCCCC)CCCCCCCC)C(c7cccs7)=C6C)N(C=O)CC(CCCCCC)CCCCCCCC)s5)s4)s3)N(CC(CCCCCC)CCCCCCCC)C(=O)C2=C1c1cccs1. The van der Waals surface area contributed by atoms with E-state index < -0.39 is 0 Å². The summed E-state index contributed by atoms with van der Waals surface area (Å²) < 4.78 is 0. The number of hydrogen-bond acceptors (Lipinski definition) is 9. The Bertz CT molecular complexity index is 3560. The molecule has 0 radical (unpaired) electrons. The number of unbranched alkanes of at least 4 members (excludes halogenated alkanes) is 32. The summed E-state index contributed by atoms with van der Waals surface area (Å²) >= 11 is 8.59. The molecule has 4 unspecified atom stereocenters. The second-order valence-corrected chi connectivity index (χ2v) is 38.3. The highest BCUT2D eigenvalue weighted by Gasteiger charge is 2.50. The molecule has 0 fully saturated rings. The van der Waals surface area contributed by atoms with Crippen molar-refractivity contribution < 1.29 is 19.2 Å². The van der Waals surface area contributed by atoms with Crippen LogP contribution in [0.3, 0.4) is 0 Å². The van der Waals surface area contributed by atoms with Gasteiger partial charge in [0.2, 0.25) is 6.41 Å². The highest BCUT2D eigenvalue weighted by atomic mass is 32.1. The molecule has 110 heavy (non-hydrogen) atoms. The Balaban J connectivity index is 1.20. The smallest absolute Gasteiger partial charge is 0.261 e. The van der Waals surface area contributed by atoms with Gasteiger partial charge in [0.1, 0.15) is 0 Å². The lowest BCUT2D eigenvalue weighted by molar-refractivity contribution is -0.124. The first-order chi connectivity index (χ1) is 54.0. The van der Waals surface area contributed by atoms with Crippen molar-refractivity contribution in [2.45, 2.75) is 371 Å². The zero-order valence-electron chi connectivity index (χ0n) is 70.5. The van der Waals surface area contributed by atoms with Crippen molar-refractivity contribution in [1.29, 1.82) is 0 Å². The fraction of sp³-hybridized carbons (Fsp3) is 0.670. The van der Waals surface area contributed by atoms with Crippen LogP contribution in [0.15, 0.2) is 93.7 Å². The molecule has 8 heterocycles. The molecule has 0 N–H and O–H groups in total. The van der Waals surface area contributed by atoms with Crippen LogP contribution in [-0.4, -0.2) is 69.9 Å². The largest absolute Gasteiger partial charge is 0.313 e. The van der Waals surface area contributed by atoms with Crippen LogP contribution in [0.2, 0.25) is 0 Å². The van der Waals surface area contributed by atoms with E-state index >= 15 is 14.4 Å². The third-order valence-corrected chi connectivity index (χ3v) is 29.5. The third kappa shape index (κ3) is 27.5. The van der Waals surface area contributed by atoms with Gasteiger partial charge in [0, 0.05) is 45.7 Å². The molecule has 0 bridgehead atoms. The standard InChI is InChI=1S/C97H148N4O4S5/c1-10-18-26-34-38-46-53-76(52-42-30-22-14-5)70-98(74-102)92(88-75(9)91(84-60-50-68-106-84)99(95(88)103)71-77(54-43-31-23-15-6)57-47-39-35-27-19-11-2)86-66-64-82(109-86)80-62-63-81(108-80)83-65-67-87(110-83)94-90-89(96(104)101(94)73-79(56-45-33-25-17-8)59-49-41-37-29-21-13-4)93(85-61-51-69-107-85)100(97(90)105)72-78(55-44-32-24-16-7)58-48-40-36-28-20-12-3/h50-51,60-69,74,76-79H,10-49,52-59,70-73H2,1-9H3/b92-88+. The average molecular weight is 1590 g/mol. The maximum absolute atomic E-state index is 16.2. The molecule has 4 atom stereocenters. The van der Waals surface area contributed by atoms with Gasteiger partial charge in [-0.15, -0.1) is 56.7 Å². The van der Waals surface area contributed by atoms with Crippen LogP contribution in [-0.2, 0) is 19.2 Å². The summed E-state index contributed by atoms with van der Waals surface area (Å²) in [4.78, 5) is 79.7. The molecular formula is C97H148N4O4S5. The van der Waals surface area contributed by atoms with Crippen molar-refractivity contribution in [3.63, 3.8) is 0 Å². The molecule has 8 nitrogen and oxygen atoms in total. The first kappa shape index (κ1) is 90.9. The summed E-state index contributed by atoms with van der Waals surface area (Å²) in [6.45, 7) is 23.0. The molecule has 13 heteroatoms. The molecule has 4 amide bonds. The topological polar surface area (TPSA) is 81.2 Å². The van der Waals surface area contributed by atoms with Gasteiger partial charge in [-0.2, -0.15) is 0 Å². The zero-order valence-corrected chi connectivity index (χ0v) is 74.6. The van der Waals surface area contributed by atoms with Gasteiger partial charge >= 0.3 is 0 Å². The molecule has 0 spiro atoms. The molecule has 610 valence electrons. The summed E-state index contributed by atoms with van der Waals surface area (Å²) in [5.74, 6) is 1.42. The van der Waals surface area contributed by atoms with Gasteiger partial charge in [-0.25, -0.2) is 0 Å². The van der Waals surface area contributed by atoms with Crippen molar-refractivity contribution in [3.05, 3.63) is 113 Å². The highest BCUT2D eigenvalue weighted by Crippen LogP contribution is 2.52. The lowest BCUT2D eigenvalue weighted by Crippen LogP contribution is -2.34. The van der Waals surface area contributed by atoms with Crippen molar-refractivity contribution >= 4 is 104 Å². The van der Waals surface area contributed by atoms with E-state index in [9.17, 15) is 4.79 Å². The Morgan fingerprint density at radius 1 is 0.336 bits per heavy atom. The summed E-state index contributed by atoms with van der Waals surface area (Å²) in [6, 6.07) is 22.0. The molecule has 5 aromatic rings.